The topological polar surface area (TPSA) is 16.1 Å². The van der Waals surface area contributed by atoms with Gasteiger partial charge in [-0.3, -0.25) is 4.98 Å². The summed E-state index contributed by atoms with van der Waals surface area (Å²) in [4.78, 5) is 9.26. The zero-order valence-electron chi connectivity index (χ0n) is 15.9. The van der Waals surface area contributed by atoms with E-state index in [1.807, 2.05) is 30.2 Å². The smallest absolute Gasteiger partial charge is 0.0601 e. The summed E-state index contributed by atoms with van der Waals surface area (Å²) < 4.78 is 0. The molecule has 2 heterocycles. The van der Waals surface area contributed by atoms with E-state index >= 15 is 0 Å². The molecule has 1 aromatic heterocycles. The van der Waals surface area contributed by atoms with Gasteiger partial charge in [-0.15, -0.1) is 0 Å². The third-order valence-corrected chi connectivity index (χ3v) is 6.32. The van der Waals surface area contributed by atoms with E-state index in [2.05, 4.69) is 90.5 Å². The third-order valence-electron chi connectivity index (χ3n) is 5.19. The van der Waals surface area contributed by atoms with Crippen molar-refractivity contribution in [3.05, 3.63) is 96.3 Å². The summed E-state index contributed by atoms with van der Waals surface area (Å²) in [7, 11) is 0. The van der Waals surface area contributed by atoms with E-state index in [9.17, 15) is 0 Å². The van der Waals surface area contributed by atoms with Crippen molar-refractivity contribution in [2.75, 3.05) is 4.90 Å². The fourth-order valence-electron chi connectivity index (χ4n) is 3.84. The third kappa shape index (κ3) is 2.79. The lowest BCUT2D eigenvalue weighted by Gasteiger charge is -2.34. The summed E-state index contributed by atoms with van der Waals surface area (Å²) >= 11 is 1.84. The Kier molecular flexibility index (Phi) is 4.18. The first-order chi connectivity index (χ1) is 13.7. The van der Waals surface area contributed by atoms with Gasteiger partial charge in [-0.05, 0) is 73.0 Å². The largest absolute Gasteiger partial charge is 0.308 e. The van der Waals surface area contributed by atoms with Crippen molar-refractivity contribution in [1.82, 2.24) is 4.98 Å². The summed E-state index contributed by atoms with van der Waals surface area (Å²) in [6, 6.07) is 26.0. The van der Waals surface area contributed by atoms with Crippen LogP contribution in [0, 0.1) is 13.8 Å². The molecule has 5 rings (SSSR count). The summed E-state index contributed by atoms with van der Waals surface area (Å²) in [6.45, 7) is 4.38. The predicted molar refractivity (Wildman–Crippen MR) is 118 cm³/mol. The van der Waals surface area contributed by atoms with Crippen LogP contribution in [0.15, 0.2) is 95.0 Å². The van der Waals surface area contributed by atoms with E-state index < -0.39 is 0 Å². The number of aryl methyl sites for hydroxylation is 2. The average molecular weight is 381 g/mol. The molecule has 0 N–H and O–H groups in total. The molecular formula is C25H20N2S. The fourth-order valence-corrected chi connectivity index (χ4v) is 4.90. The Hall–Kier alpha value is -3.04. The van der Waals surface area contributed by atoms with Crippen molar-refractivity contribution in [3.8, 4) is 11.1 Å². The second-order valence-corrected chi connectivity index (χ2v) is 8.15. The Morgan fingerprint density at radius 3 is 2.04 bits per heavy atom. The molecule has 0 saturated heterocycles. The second kappa shape index (κ2) is 6.84. The quantitative estimate of drug-likeness (QED) is 0.320. The van der Waals surface area contributed by atoms with Crippen molar-refractivity contribution in [2.24, 2.45) is 0 Å². The van der Waals surface area contributed by atoms with E-state index in [0.29, 0.717) is 0 Å². The van der Waals surface area contributed by atoms with Crippen LogP contribution in [0.25, 0.3) is 11.1 Å². The lowest BCUT2D eigenvalue weighted by molar-refractivity contribution is 1.15. The van der Waals surface area contributed by atoms with Gasteiger partial charge in [-0.25, -0.2) is 0 Å². The molecule has 3 heteroatoms. The number of pyridine rings is 1. The van der Waals surface area contributed by atoms with Crippen molar-refractivity contribution in [1.29, 1.82) is 0 Å². The lowest BCUT2D eigenvalue weighted by atomic mass is 9.97. The first-order valence-corrected chi connectivity index (χ1v) is 10.2. The van der Waals surface area contributed by atoms with Gasteiger partial charge in [0, 0.05) is 33.4 Å². The van der Waals surface area contributed by atoms with Crippen molar-refractivity contribution >= 4 is 28.8 Å². The molecule has 0 radical (unpaired) electrons. The molecule has 136 valence electrons. The molecule has 28 heavy (non-hydrogen) atoms. The van der Waals surface area contributed by atoms with Gasteiger partial charge in [0.25, 0.3) is 0 Å². The molecular weight excluding hydrogens is 360 g/mol. The number of para-hydroxylation sites is 2. The number of hydrogen-bond donors (Lipinski definition) is 0. The molecule has 0 aliphatic carbocycles. The maximum absolute atomic E-state index is 4.29. The predicted octanol–water partition coefficient (Wildman–Crippen LogP) is 7.30. The van der Waals surface area contributed by atoms with Gasteiger partial charge in [0.05, 0.1) is 11.4 Å². The summed E-state index contributed by atoms with van der Waals surface area (Å²) in [6.07, 6.45) is 3.75. The number of fused-ring (bicyclic) bond motifs is 2. The van der Waals surface area contributed by atoms with Crippen molar-refractivity contribution < 1.29 is 0 Å². The zero-order valence-corrected chi connectivity index (χ0v) is 16.7. The second-order valence-electron chi connectivity index (χ2n) is 7.07. The molecule has 0 fully saturated rings. The fraction of sp³-hybridized carbons (Fsp3) is 0.0800. The molecule has 4 aromatic rings. The highest BCUT2D eigenvalue weighted by Crippen LogP contribution is 2.52. The number of nitrogens with zero attached hydrogens (tertiary/aromatic N) is 2. The van der Waals surface area contributed by atoms with Crippen LogP contribution < -0.4 is 4.90 Å². The Morgan fingerprint density at radius 2 is 1.39 bits per heavy atom. The normalized spacial score (nSPS) is 12.4. The van der Waals surface area contributed by atoms with Crippen LogP contribution in [-0.4, -0.2) is 4.98 Å². The number of aromatic nitrogens is 1. The highest BCUT2D eigenvalue weighted by molar-refractivity contribution is 7.99. The molecule has 0 saturated carbocycles. The van der Waals surface area contributed by atoms with Crippen LogP contribution in [0.1, 0.15) is 11.1 Å². The monoisotopic (exact) mass is 380 g/mol. The Bertz CT molecular complexity index is 1120. The molecule has 0 unspecified atom stereocenters. The van der Waals surface area contributed by atoms with Crippen LogP contribution in [0.4, 0.5) is 17.1 Å². The highest BCUT2D eigenvalue weighted by atomic mass is 32.2. The van der Waals surface area contributed by atoms with Gasteiger partial charge >= 0.3 is 0 Å². The van der Waals surface area contributed by atoms with Gasteiger partial charge in [-0.2, -0.15) is 0 Å². The molecule has 1 aliphatic rings. The Morgan fingerprint density at radius 1 is 0.714 bits per heavy atom. The first kappa shape index (κ1) is 17.1. The van der Waals surface area contributed by atoms with E-state index in [1.54, 1.807) is 0 Å². The molecule has 0 spiro atoms. The Labute approximate surface area is 169 Å². The average Bonchev–Trinajstić information content (AvgIpc) is 2.74. The minimum Gasteiger partial charge on any atom is -0.308 e. The van der Waals surface area contributed by atoms with Gasteiger partial charge in [-0.1, -0.05) is 42.1 Å². The highest BCUT2D eigenvalue weighted by Gasteiger charge is 2.25. The maximum atomic E-state index is 4.29. The van der Waals surface area contributed by atoms with E-state index in [0.717, 1.165) is 5.56 Å². The summed E-state index contributed by atoms with van der Waals surface area (Å²) in [5, 5.41) is 0. The molecule has 2 nitrogen and oxygen atoms in total. The van der Waals surface area contributed by atoms with Crippen LogP contribution >= 0.6 is 11.8 Å². The summed E-state index contributed by atoms with van der Waals surface area (Å²) in [5.41, 5.74) is 8.60. The SMILES string of the molecule is Cc1cc(N2c3ccccc3Sc3ccccc32)c(C)cc1-c1cccnc1. The zero-order chi connectivity index (χ0) is 19.1. The standard InChI is InChI=1S/C25H20N2S/c1-17-15-23(18(2)14-20(17)19-8-7-13-26-16-19)27-21-9-3-5-11-24(21)28-25-12-6-4-10-22(25)27/h3-16H,1-2H3. The Balaban J connectivity index is 1.71. The van der Waals surface area contributed by atoms with Crippen LogP contribution in [0.3, 0.4) is 0 Å². The number of benzene rings is 3. The molecule has 0 bridgehead atoms. The molecule has 0 amide bonds. The van der Waals surface area contributed by atoms with Gasteiger partial charge in [0.1, 0.15) is 0 Å². The van der Waals surface area contributed by atoms with Crippen molar-refractivity contribution in [3.63, 3.8) is 0 Å². The maximum Gasteiger partial charge on any atom is 0.0601 e. The van der Waals surface area contributed by atoms with Crippen LogP contribution in [-0.2, 0) is 0 Å². The number of rotatable bonds is 2. The number of hydrogen-bond acceptors (Lipinski definition) is 3. The minimum absolute atomic E-state index is 1.16. The van der Waals surface area contributed by atoms with E-state index in [-0.39, 0.29) is 0 Å². The number of anilines is 3. The molecule has 0 atom stereocenters. The van der Waals surface area contributed by atoms with Crippen LogP contribution in [0.5, 0.6) is 0 Å². The van der Waals surface area contributed by atoms with Gasteiger partial charge in [0.2, 0.25) is 0 Å². The minimum atomic E-state index is 1.16. The van der Waals surface area contributed by atoms with Gasteiger partial charge < -0.3 is 4.90 Å². The molecule has 1 aliphatic heterocycles. The summed E-state index contributed by atoms with van der Waals surface area (Å²) in [5.74, 6) is 0. The first-order valence-electron chi connectivity index (χ1n) is 9.40. The van der Waals surface area contributed by atoms with Gasteiger partial charge in [0.15, 0.2) is 0 Å². The molecule has 3 aromatic carbocycles. The van der Waals surface area contributed by atoms with Crippen LogP contribution in [0.2, 0.25) is 0 Å². The van der Waals surface area contributed by atoms with E-state index in [4.69, 9.17) is 0 Å². The lowest BCUT2D eigenvalue weighted by Crippen LogP contribution is -2.16. The van der Waals surface area contributed by atoms with E-state index in [1.165, 1.54) is 43.5 Å². The van der Waals surface area contributed by atoms with Crippen molar-refractivity contribution in [2.45, 2.75) is 23.6 Å².